The van der Waals surface area contributed by atoms with Crippen LogP contribution in [-0.4, -0.2) is 36.6 Å². The number of rotatable bonds is 4. The summed E-state index contributed by atoms with van der Waals surface area (Å²) in [6, 6.07) is 1.55. The summed E-state index contributed by atoms with van der Waals surface area (Å²) in [5.41, 5.74) is 0.628. The van der Waals surface area contributed by atoms with Crippen molar-refractivity contribution in [1.29, 1.82) is 0 Å². The van der Waals surface area contributed by atoms with Crippen LogP contribution in [0.4, 0.5) is 0 Å². The number of hydrogen-bond acceptors (Lipinski definition) is 2. The van der Waals surface area contributed by atoms with Gasteiger partial charge in [-0.2, -0.15) is 0 Å². The van der Waals surface area contributed by atoms with Crippen LogP contribution in [0.2, 0.25) is 0 Å². The number of nitrogens with one attached hydrogen (secondary N) is 1. The normalized spacial score (nSPS) is 38.2. The number of likely N-dealkylation sites (tertiary alicyclic amines) is 1. The standard InChI is InChI=1S/C17H32N2/c1-13(2)19-10-14-6-4-7-15(11-19)16(14)18-12-17(3)8-5-9-17/h13-16,18H,4-12H2,1-3H3. The van der Waals surface area contributed by atoms with E-state index in [0.717, 1.165) is 23.9 Å². The van der Waals surface area contributed by atoms with Gasteiger partial charge < -0.3 is 10.2 Å². The molecular weight excluding hydrogens is 232 g/mol. The Hall–Kier alpha value is -0.0800. The Balaban J connectivity index is 1.59. The monoisotopic (exact) mass is 264 g/mol. The van der Waals surface area contributed by atoms with Crippen LogP contribution in [0.25, 0.3) is 0 Å². The van der Waals surface area contributed by atoms with Crippen molar-refractivity contribution in [2.24, 2.45) is 17.3 Å². The number of fused-ring (bicyclic) bond motifs is 2. The van der Waals surface area contributed by atoms with Gasteiger partial charge in [0.2, 0.25) is 0 Å². The highest BCUT2D eigenvalue weighted by molar-refractivity contribution is 4.97. The minimum atomic E-state index is 0.628. The summed E-state index contributed by atoms with van der Waals surface area (Å²) < 4.78 is 0. The molecule has 1 heterocycles. The van der Waals surface area contributed by atoms with Gasteiger partial charge in [0.05, 0.1) is 0 Å². The van der Waals surface area contributed by atoms with Gasteiger partial charge in [0.15, 0.2) is 0 Å². The lowest BCUT2D eigenvalue weighted by atomic mass is 9.69. The van der Waals surface area contributed by atoms with Crippen LogP contribution < -0.4 is 5.32 Å². The van der Waals surface area contributed by atoms with Crippen molar-refractivity contribution in [2.75, 3.05) is 19.6 Å². The van der Waals surface area contributed by atoms with E-state index < -0.39 is 0 Å². The van der Waals surface area contributed by atoms with Gasteiger partial charge in [-0.3, -0.25) is 0 Å². The largest absolute Gasteiger partial charge is 0.313 e. The van der Waals surface area contributed by atoms with E-state index in [2.05, 4.69) is 31.0 Å². The highest BCUT2D eigenvalue weighted by atomic mass is 15.2. The van der Waals surface area contributed by atoms with Gasteiger partial charge in [-0.25, -0.2) is 0 Å². The fourth-order valence-corrected chi connectivity index (χ4v) is 4.55. The van der Waals surface area contributed by atoms with E-state index in [4.69, 9.17) is 0 Å². The molecule has 1 saturated heterocycles. The van der Waals surface area contributed by atoms with Gasteiger partial charge in [0.1, 0.15) is 0 Å². The zero-order valence-electron chi connectivity index (χ0n) is 13.1. The third-order valence-electron chi connectivity index (χ3n) is 6.16. The van der Waals surface area contributed by atoms with E-state index in [1.165, 1.54) is 58.2 Å². The Morgan fingerprint density at radius 1 is 1.11 bits per heavy atom. The van der Waals surface area contributed by atoms with Crippen LogP contribution >= 0.6 is 0 Å². The first-order chi connectivity index (χ1) is 9.07. The van der Waals surface area contributed by atoms with Gasteiger partial charge in [-0.1, -0.05) is 19.8 Å². The fraction of sp³-hybridized carbons (Fsp3) is 1.00. The van der Waals surface area contributed by atoms with Gasteiger partial charge in [-0.05, 0) is 56.8 Å². The molecule has 1 aliphatic heterocycles. The maximum absolute atomic E-state index is 4.00. The van der Waals surface area contributed by atoms with Crippen LogP contribution in [0.3, 0.4) is 0 Å². The lowest BCUT2D eigenvalue weighted by Gasteiger charge is -2.50. The van der Waals surface area contributed by atoms with Gasteiger partial charge in [0, 0.05) is 31.7 Å². The molecule has 3 aliphatic rings. The van der Waals surface area contributed by atoms with E-state index >= 15 is 0 Å². The zero-order valence-corrected chi connectivity index (χ0v) is 13.1. The van der Waals surface area contributed by atoms with Gasteiger partial charge in [0.25, 0.3) is 0 Å². The van der Waals surface area contributed by atoms with Crippen molar-refractivity contribution < 1.29 is 0 Å². The molecule has 0 amide bonds. The minimum absolute atomic E-state index is 0.628. The predicted molar refractivity (Wildman–Crippen MR) is 81.3 cm³/mol. The molecule has 110 valence electrons. The zero-order chi connectivity index (χ0) is 13.5. The summed E-state index contributed by atoms with van der Waals surface area (Å²) in [5.74, 6) is 1.83. The highest BCUT2D eigenvalue weighted by Gasteiger charge is 2.41. The first-order valence-electron chi connectivity index (χ1n) is 8.55. The third-order valence-corrected chi connectivity index (χ3v) is 6.16. The highest BCUT2D eigenvalue weighted by Crippen LogP contribution is 2.41. The van der Waals surface area contributed by atoms with E-state index in [-0.39, 0.29) is 0 Å². The molecule has 3 rings (SSSR count). The van der Waals surface area contributed by atoms with Crippen LogP contribution in [-0.2, 0) is 0 Å². The summed E-state index contributed by atoms with van der Waals surface area (Å²) in [6.07, 6.45) is 8.72. The van der Waals surface area contributed by atoms with E-state index in [1.807, 2.05) is 0 Å². The summed E-state index contributed by atoms with van der Waals surface area (Å²) >= 11 is 0. The molecule has 19 heavy (non-hydrogen) atoms. The molecule has 0 aromatic heterocycles. The van der Waals surface area contributed by atoms with Crippen molar-refractivity contribution in [3.63, 3.8) is 0 Å². The third kappa shape index (κ3) is 2.85. The second-order valence-electron chi connectivity index (χ2n) is 8.07. The molecule has 1 N–H and O–H groups in total. The average molecular weight is 264 g/mol. The minimum Gasteiger partial charge on any atom is -0.313 e. The van der Waals surface area contributed by atoms with Crippen molar-refractivity contribution in [3.8, 4) is 0 Å². The van der Waals surface area contributed by atoms with Crippen molar-refractivity contribution in [1.82, 2.24) is 10.2 Å². The van der Waals surface area contributed by atoms with Crippen LogP contribution in [0.15, 0.2) is 0 Å². The molecule has 2 bridgehead atoms. The summed E-state index contributed by atoms with van der Waals surface area (Å²) in [6.45, 7) is 11.1. The van der Waals surface area contributed by atoms with Crippen molar-refractivity contribution >= 4 is 0 Å². The lowest BCUT2D eigenvalue weighted by molar-refractivity contribution is 0.0202. The fourth-order valence-electron chi connectivity index (χ4n) is 4.55. The Kier molecular flexibility index (Phi) is 3.92. The average Bonchev–Trinajstić information content (AvgIpc) is 2.32. The topological polar surface area (TPSA) is 15.3 Å². The molecule has 2 unspecified atom stereocenters. The first-order valence-corrected chi connectivity index (χ1v) is 8.55. The quantitative estimate of drug-likeness (QED) is 0.838. The van der Waals surface area contributed by atoms with Crippen LogP contribution in [0.5, 0.6) is 0 Å². The molecule has 3 fully saturated rings. The Morgan fingerprint density at radius 2 is 1.74 bits per heavy atom. The van der Waals surface area contributed by atoms with Crippen LogP contribution in [0.1, 0.15) is 59.3 Å². The maximum atomic E-state index is 4.00. The Bertz CT molecular complexity index is 294. The molecule has 2 nitrogen and oxygen atoms in total. The van der Waals surface area contributed by atoms with E-state index in [9.17, 15) is 0 Å². The molecule has 0 spiro atoms. The van der Waals surface area contributed by atoms with E-state index in [1.54, 1.807) is 0 Å². The SMILES string of the molecule is CC(C)N1CC2CCCC(C1)C2NCC1(C)CCC1. The second-order valence-corrected chi connectivity index (χ2v) is 8.07. The maximum Gasteiger partial charge on any atom is 0.0148 e. The first kappa shape index (κ1) is 13.9. The molecule has 0 aromatic rings. The summed E-state index contributed by atoms with van der Waals surface area (Å²) in [5, 5.41) is 4.00. The number of hydrogen-bond donors (Lipinski definition) is 1. The predicted octanol–water partition coefficient (Wildman–Crippen LogP) is 3.28. The second kappa shape index (κ2) is 5.37. The molecule has 2 atom stereocenters. The smallest absolute Gasteiger partial charge is 0.0148 e. The number of piperidine rings is 1. The number of nitrogens with zero attached hydrogens (tertiary/aromatic N) is 1. The molecule has 2 heteroatoms. The Morgan fingerprint density at radius 3 is 2.21 bits per heavy atom. The van der Waals surface area contributed by atoms with E-state index in [0.29, 0.717) is 5.41 Å². The lowest BCUT2D eigenvalue weighted by Crippen LogP contribution is -2.59. The summed E-state index contributed by atoms with van der Waals surface area (Å²) in [4.78, 5) is 2.72. The summed E-state index contributed by atoms with van der Waals surface area (Å²) in [7, 11) is 0. The van der Waals surface area contributed by atoms with Gasteiger partial charge >= 0.3 is 0 Å². The Labute approximate surface area is 119 Å². The molecule has 2 aliphatic carbocycles. The van der Waals surface area contributed by atoms with Crippen molar-refractivity contribution in [2.45, 2.75) is 71.4 Å². The molecule has 0 radical (unpaired) electrons. The van der Waals surface area contributed by atoms with Crippen molar-refractivity contribution in [3.05, 3.63) is 0 Å². The molecule has 2 saturated carbocycles. The molecular formula is C17H32N2. The molecule has 0 aromatic carbocycles. The van der Waals surface area contributed by atoms with Gasteiger partial charge in [-0.15, -0.1) is 0 Å². The van der Waals surface area contributed by atoms with Crippen LogP contribution in [0, 0.1) is 17.3 Å².